The van der Waals surface area contributed by atoms with Crippen LogP contribution in [-0.2, 0) is 4.74 Å². The molecule has 0 aliphatic heterocycles. The van der Waals surface area contributed by atoms with Crippen molar-refractivity contribution < 1.29 is 4.74 Å². The van der Waals surface area contributed by atoms with Gasteiger partial charge in [0.2, 0.25) is 0 Å². The predicted molar refractivity (Wildman–Crippen MR) is 55.5 cm³/mol. The Labute approximate surface area is 80.0 Å². The van der Waals surface area contributed by atoms with E-state index in [1.54, 1.807) is 13.2 Å². The normalized spacial score (nSPS) is 12.5. The van der Waals surface area contributed by atoms with E-state index in [2.05, 4.69) is 19.1 Å². The van der Waals surface area contributed by atoms with Crippen molar-refractivity contribution in [1.82, 2.24) is 0 Å². The summed E-state index contributed by atoms with van der Waals surface area (Å²) in [4.78, 5) is 0. The fraction of sp³-hybridized carbons (Fsp3) is 0.333. The van der Waals surface area contributed by atoms with E-state index in [0.29, 0.717) is 5.92 Å². The van der Waals surface area contributed by atoms with Gasteiger partial charge in [0.25, 0.3) is 0 Å². The summed E-state index contributed by atoms with van der Waals surface area (Å²) in [6, 6.07) is 8.20. The van der Waals surface area contributed by atoms with Gasteiger partial charge in [-0.2, -0.15) is 0 Å². The summed E-state index contributed by atoms with van der Waals surface area (Å²) in [6.07, 6.45) is 1.60. The van der Waals surface area contributed by atoms with Gasteiger partial charge in [-0.25, -0.2) is 0 Å². The number of ether oxygens (including phenoxy) is 1. The third-order valence-corrected chi connectivity index (χ3v) is 2.11. The van der Waals surface area contributed by atoms with E-state index in [0.717, 1.165) is 12.2 Å². The van der Waals surface area contributed by atoms with Crippen LogP contribution in [0.1, 0.15) is 24.0 Å². The van der Waals surface area contributed by atoms with Crippen molar-refractivity contribution in [2.24, 2.45) is 0 Å². The van der Waals surface area contributed by atoms with Crippen LogP contribution in [0.25, 0.3) is 6.08 Å². The average molecular weight is 175 g/mol. The molecule has 0 bridgehead atoms. The lowest BCUT2D eigenvalue weighted by molar-refractivity contribution is 0.184. The molecule has 1 aromatic carbocycles. The van der Waals surface area contributed by atoms with Crippen LogP contribution >= 0.6 is 0 Å². The van der Waals surface area contributed by atoms with Gasteiger partial charge in [-0.1, -0.05) is 43.8 Å². The van der Waals surface area contributed by atoms with E-state index < -0.39 is 0 Å². The lowest BCUT2D eigenvalue weighted by Gasteiger charge is -2.10. The van der Waals surface area contributed by atoms with Gasteiger partial charge in [0.1, 0.15) is 0 Å². The van der Waals surface area contributed by atoms with E-state index in [4.69, 9.17) is 11.3 Å². The van der Waals surface area contributed by atoms with Gasteiger partial charge < -0.3 is 4.74 Å². The lowest BCUT2D eigenvalue weighted by Crippen LogP contribution is -2.01. The highest BCUT2D eigenvalue weighted by molar-refractivity contribution is 5.46. The maximum atomic E-state index is 5.38. The first-order valence-electron chi connectivity index (χ1n) is 4.41. The number of rotatable bonds is 4. The van der Waals surface area contributed by atoms with Crippen LogP contribution in [0.3, 0.4) is 0 Å². The molecule has 1 aromatic rings. The third kappa shape index (κ3) is 2.71. The van der Waals surface area contributed by atoms with Crippen LogP contribution in [-0.4, -0.2) is 13.7 Å². The predicted octanol–water partition coefficient (Wildman–Crippen LogP) is 2.88. The Bertz CT molecular complexity index is 261. The maximum Gasteiger partial charge on any atom is 0.0528 e. The quantitative estimate of drug-likeness (QED) is 0.683. The van der Waals surface area contributed by atoms with Gasteiger partial charge in [0, 0.05) is 13.0 Å². The van der Waals surface area contributed by atoms with E-state index in [-0.39, 0.29) is 0 Å². The second-order valence-electron chi connectivity index (χ2n) is 3.19. The summed E-state index contributed by atoms with van der Waals surface area (Å²) in [5.74, 6) is 0.442. The Hall–Kier alpha value is -1.08. The van der Waals surface area contributed by atoms with Crippen molar-refractivity contribution in [3.05, 3.63) is 42.0 Å². The monoisotopic (exact) mass is 175 g/mol. The second-order valence-corrected chi connectivity index (χ2v) is 3.19. The zero-order valence-electron chi connectivity index (χ0n) is 8.16. The highest BCUT2D eigenvalue weighted by Crippen LogP contribution is 2.16. The van der Waals surface area contributed by atoms with Crippen LogP contribution in [0.15, 0.2) is 24.3 Å². The van der Waals surface area contributed by atoms with Crippen molar-refractivity contribution in [3.63, 3.8) is 0 Å². The van der Waals surface area contributed by atoms with E-state index in [9.17, 15) is 0 Å². The van der Waals surface area contributed by atoms with Crippen LogP contribution < -0.4 is 0 Å². The average Bonchev–Trinajstić information content (AvgIpc) is 2.18. The summed E-state index contributed by atoms with van der Waals surface area (Å²) in [5, 5.41) is 0. The molecule has 0 saturated heterocycles. The van der Waals surface area contributed by atoms with E-state index >= 15 is 0 Å². The van der Waals surface area contributed by atoms with E-state index in [1.165, 1.54) is 5.56 Å². The molecule has 0 aromatic heterocycles. The second kappa shape index (κ2) is 4.83. The Morgan fingerprint density at radius 2 is 2.00 bits per heavy atom. The van der Waals surface area contributed by atoms with Crippen molar-refractivity contribution in [1.29, 1.82) is 0 Å². The summed E-state index contributed by atoms with van der Waals surface area (Å²) in [7, 11) is 1.72. The number of hydrogen-bond acceptors (Lipinski definition) is 1. The minimum atomic E-state index is 0.442. The summed E-state index contributed by atoms with van der Waals surface area (Å²) in [6.45, 7) is 8.28. The number of hydrogen-bond donors (Lipinski definition) is 0. The molecule has 1 radical (unpaired) electrons. The largest absolute Gasteiger partial charge is 0.384 e. The van der Waals surface area contributed by atoms with Crippen molar-refractivity contribution in [3.8, 4) is 0 Å². The Kier molecular flexibility index (Phi) is 3.71. The van der Waals surface area contributed by atoms with Gasteiger partial charge in [-0.05, 0) is 11.1 Å². The first-order chi connectivity index (χ1) is 6.27. The first-order valence-corrected chi connectivity index (χ1v) is 4.41. The molecule has 1 unspecified atom stereocenters. The molecule has 0 fully saturated rings. The third-order valence-electron chi connectivity index (χ3n) is 2.11. The van der Waals surface area contributed by atoms with Gasteiger partial charge in [0.05, 0.1) is 6.61 Å². The van der Waals surface area contributed by atoms with Gasteiger partial charge >= 0.3 is 0 Å². The fourth-order valence-electron chi connectivity index (χ4n) is 1.28. The SMILES string of the molecule is [CH]=Cc1ccc(C(C)COC)cc1. The Morgan fingerprint density at radius 1 is 1.38 bits per heavy atom. The molecule has 1 atom stereocenters. The molecule has 0 saturated carbocycles. The minimum Gasteiger partial charge on any atom is -0.384 e. The van der Waals surface area contributed by atoms with E-state index in [1.807, 2.05) is 12.1 Å². The molecule has 1 rings (SSSR count). The van der Waals surface area contributed by atoms with Crippen molar-refractivity contribution in [2.45, 2.75) is 12.8 Å². The highest BCUT2D eigenvalue weighted by Gasteiger charge is 2.03. The molecule has 13 heavy (non-hydrogen) atoms. The molecule has 0 aliphatic rings. The number of methoxy groups -OCH3 is 1. The van der Waals surface area contributed by atoms with Crippen molar-refractivity contribution in [2.75, 3.05) is 13.7 Å². The fourth-order valence-corrected chi connectivity index (χ4v) is 1.28. The summed E-state index contributed by atoms with van der Waals surface area (Å²) < 4.78 is 5.08. The highest BCUT2D eigenvalue weighted by atomic mass is 16.5. The number of benzene rings is 1. The molecule has 0 aliphatic carbocycles. The molecule has 69 valence electrons. The van der Waals surface area contributed by atoms with Crippen LogP contribution in [0, 0.1) is 6.58 Å². The topological polar surface area (TPSA) is 9.23 Å². The molecule has 0 N–H and O–H groups in total. The van der Waals surface area contributed by atoms with Crippen LogP contribution in [0.2, 0.25) is 0 Å². The Balaban J connectivity index is 2.73. The van der Waals surface area contributed by atoms with Gasteiger partial charge in [-0.3, -0.25) is 0 Å². The smallest absolute Gasteiger partial charge is 0.0528 e. The van der Waals surface area contributed by atoms with Crippen LogP contribution in [0.5, 0.6) is 0 Å². The lowest BCUT2D eigenvalue weighted by atomic mass is 10.0. The summed E-state index contributed by atoms with van der Waals surface area (Å²) >= 11 is 0. The summed E-state index contributed by atoms with van der Waals surface area (Å²) in [5.41, 5.74) is 2.33. The maximum absolute atomic E-state index is 5.38. The zero-order chi connectivity index (χ0) is 9.68. The van der Waals surface area contributed by atoms with Crippen LogP contribution in [0.4, 0.5) is 0 Å². The van der Waals surface area contributed by atoms with Crippen molar-refractivity contribution >= 4 is 6.08 Å². The molecule has 0 heterocycles. The molecule has 0 amide bonds. The Morgan fingerprint density at radius 3 is 2.46 bits per heavy atom. The minimum absolute atomic E-state index is 0.442. The molecular weight excluding hydrogens is 160 g/mol. The molecule has 1 heteroatoms. The molecule has 0 spiro atoms. The van der Waals surface area contributed by atoms with Gasteiger partial charge in [0.15, 0.2) is 0 Å². The molecule has 1 nitrogen and oxygen atoms in total. The standard InChI is InChI=1S/C12H15O/c1-4-11-5-7-12(8-6-11)10(2)9-13-3/h1,4-8,10H,9H2,2-3H3. The molecular formula is C12H15O. The first kappa shape index (κ1) is 10.0. The van der Waals surface area contributed by atoms with Gasteiger partial charge in [-0.15, -0.1) is 0 Å². The zero-order valence-corrected chi connectivity index (χ0v) is 8.16.